The maximum atomic E-state index is 11.8. The molecule has 0 aromatic heterocycles. The summed E-state index contributed by atoms with van der Waals surface area (Å²) in [5.41, 5.74) is 3.50. The van der Waals surface area contributed by atoms with Crippen molar-refractivity contribution in [1.82, 2.24) is 5.43 Å². The van der Waals surface area contributed by atoms with Gasteiger partial charge in [-0.25, -0.2) is 5.43 Å². The van der Waals surface area contributed by atoms with Gasteiger partial charge in [0.25, 0.3) is 5.91 Å². The second kappa shape index (κ2) is 9.12. The molecule has 2 N–H and O–H groups in total. The van der Waals surface area contributed by atoms with Crippen molar-refractivity contribution in [1.29, 1.82) is 0 Å². The molecule has 8 nitrogen and oxygen atoms in total. The number of nitrogens with zero attached hydrogens (tertiary/aromatic N) is 2. The number of nitro groups is 1. The van der Waals surface area contributed by atoms with Gasteiger partial charge in [-0.05, 0) is 81.4 Å². The minimum absolute atomic E-state index is 0.0161. The van der Waals surface area contributed by atoms with Crippen LogP contribution in [-0.4, -0.2) is 28.8 Å². The van der Waals surface area contributed by atoms with E-state index < -0.39 is 17.4 Å². The van der Waals surface area contributed by atoms with E-state index in [-0.39, 0.29) is 17.2 Å². The van der Waals surface area contributed by atoms with Gasteiger partial charge in [0, 0.05) is 6.07 Å². The number of rotatable bonds is 6. The quantitative estimate of drug-likeness (QED) is 0.235. The van der Waals surface area contributed by atoms with E-state index in [1.807, 2.05) is 45.2 Å². The van der Waals surface area contributed by atoms with Crippen LogP contribution in [0.1, 0.15) is 11.1 Å². The summed E-state index contributed by atoms with van der Waals surface area (Å²) in [6, 6.07) is 7.90. The maximum absolute atomic E-state index is 11.8. The summed E-state index contributed by atoms with van der Waals surface area (Å²) < 4.78 is 6.54. The van der Waals surface area contributed by atoms with Gasteiger partial charge in [0.15, 0.2) is 12.4 Å². The predicted octanol–water partition coefficient (Wildman–Crippen LogP) is 3.35. The van der Waals surface area contributed by atoms with E-state index in [2.05, 4.69) is 10.5 Å². The van der Waals surface area contributed by atoms with E-state index in [4.69, 9.17) is 4.74 Å². The average molecular weight is 581 g/mol. The number of hydrogen-bond donors (Lipinski definition) is 2. The molecule has 0 heterocycles. The molecule has 0 fully saturated rings. The van der Waals surface area contributed by atoms with E-state index in [1.54, 1.807) is 25.1 Å². The van der Waals surface area contributed by atoms with Crippen molar-refractivity contribution in [2.45, 2.75) is 6.92 Å². The summed E-state index contributed by atoms with van der Waals surface area (Å²) in [7, 11) is 0. The molecule has 0 aliphatic carbocycles. The monoisotopic (exact) mass is 581 g/mol. The van der Waals surface area contributed by atoms with Crippen molar-refractivity contribution in [3.8, 4) is 11.5 Å². The highest BCUT2D eigenvalue weighted by Gasteiger charge is 2.16. The lowest BCUT2D eigenvalue weighted by molar-refractivity contribution is -0.385. The Labute approximate surface area is 176 Å². The molecule has 0 saturated carbocycles. The van der Waals surface area contributed by atoms with Crippen LogP contribution >= 0.6 is 45.2 Å². The average Bonchev–Trinajstić information content (AvgIpc) is 2.58. The third kappa shape index (κ3) is 5.52. The summed E-state index contributed by atoms with van der Waals surface area (Å²) in [5, 5.41) is 24.5. The molecule has 2 rings (SSSR count). The molecule has 26 heavy (non-hydrogen) atoms. The number of aryl methyl sites for hydroxylation is 1. The first-order valence-corrected chi connectivity index (χ1v) is 9.31. The number of nitro benzene ring substituents is 1. The number of benzene rings is 2. The summed E-state index contributed by atoms with van der Waals surface area (Å²) >= 11 is 3.98. The van der Waals surface area contributed by atoms with Crippen molar-refractivity contribution < 1.29 is 19.6 Å². The summed E-state index contributed by atoms with van der Waals surface area (Å²) in [4.78, 5) is 22.2. The van der Waals surface area contributed by atoms with Crippen LogP contribution in [0.4, 0.5) is 5.69 Å². The molecule has 10 heteroatoms. The smallest absolute Gasteiger partial charge is 0.311 e. The Balaban J connectivity index is 1.95. The van der Waals surface area contributed by atoms with E-state index in [1.165, 1.54) is 18.3 Å². The first kappa shape index (κ1) is 20.4. The van der Waals surface area contributed by atoms with Gasteiger partial charge in [0.1, 0.15) is 5.75 Å². The lowest BCUT2D eigenvalue weighted by Crippen LogP contribution is -2.24. The minimum atomic E-state index is -0.563. The van der Waals surface area contributed by atoms with E-state index >= 15 is 0 Å². The van der Waals surface area contributed by atoms with Crippen molar-refractivity contribution >= 4 is 63.0 Å². The summed E-state index contributed by atoms with van der Waals surface area (Å²) in [6.45, 7) is 1.32. The topological polar surface area (TPSA) is 114 Å². The van der Waals surface area contributed by atoms with Gasteiger partial charge in [0.2, 0.25) is 0 Å². The van der Waals surface area contributed by atoms with Crippen LogP contribution in [0, 0.1) is 24.2 Å². The van der Waals surface area contributed by atoms with Crippen molar-refractivity contribution in [2.24, 2.45) is 5.10 Å². The standard InChI is InChI=1S/C16H13I2N3O5/c1-9-2-3-14(13(4-9)21(24)25)26-8-15(22)20-19-7-10-5-11(17)16(23)12(18)6-10/h2-7,23H,8H2,1H3,(H,20,22)/b19-7+. The highest BCUT2D eigenvalue weighted by Crippen LogP contribution is 2.28. The number of aromatic hydroxyl groups is 1. The number of nitrogens with one attached hydrogen (secondary N) is 1. The SMILES string of the molecule is Cc1ccc(OCC(=O)N/N=C/c2cc(I)c(O)c(I)c2)c([N+](=O)[O-])c1. The first-order valence-electron chi connectivity index (χ1n) is 7.15. The number of phenolic OH excluding ortho intramolecular Hbond substituents is 1. The highest BCUT2D eigenvalue weighted by atomic mass is 127. The van der Waals surface area contributed by atoms with Crippen molar-refractivity contribution in [3.05, 3.63) is 58.7 Å². The fourth-order valence-electron chi connectivity index (χ4n) is 1.91. The Hall–Kier alpha value is -1.96. The normalized spacial score (nSPS) is 10.7. The Bertz CT molecular complexity index is 863. The van der Waals surface area contributed by atoms with Crippen molar-refractivity contribution in [3.63, 3.8) is 0 Å². The third-order valence-corrected chi connectivity index (χ3v) is 4.76. The fourth-order valence-corrected chi connectivity index (χ4v) is 3.72. The zero-order valence-corrected chi connectivity index (χ0v) is 17.7. The molecule has 0 bridgehead atoms. The number of phenols is 1. The van der Waals surface area contributed by atoms with Gasteiger partial charge in [-0.15, -0.1) is 0 Å². The number of halogens is 2. The van der Waals surface area contributed by atoms with E-state index in [9.17, 15) is 20.0 Å². The van der Waals surface area contributed by atoms with Gasteiger partial charge in [-0.3, -0.25) is 14.9 Å². The molecule has 0 aliphatic heterocycles. The second-order valence-electron chi connectivity index (χ2n) is 5.14. The van der Waals surface area contributed by atoms with Gasteiger partial charge >= 0.3 is 5.69 Å². The lowest BCUT2D eigenvalue weighted by atomic mass is 10.2. The summed E-state index contributed by atoms with van der Waals surface area (Å²) in [5.74, 6) is -0.345. The zero-order chi connectivity index (χ0) is 19.3. The van der Waals surface area contributed by atoms with Gasteiger partial charge in [-0.2, -0.15) is 5.10 Å². The number of hydrogen-bond acceptors (Lipinski definition) is 6. The molecule has 0 atom stereocenters. The molecule has 0 radical (unpaired) electrons. The molecule has 0 spiro atoms. The molecular weight excluding hydrogens is 568 g/mol. The zero-order valence-electron chi connectivity index (χ0n) is 13.4. The van der Waals surface area contributed by atoms with Crippen LogP contribution < -0.4 is 10.2 Å². The molecule has 0 saturated heterocycles. The molecule has 2 aromatic carbocycles. The van der Waals surface area contributed by atoms with Crippen LogP contribution in [0.2, 0.25) is 0 Å². The Morgan fingerprint density at radius 1 is 1.35 bits per heavy atom. The van der Waals surface area contributed by atoms with Crippen molar-refractivity contribution in [2.75, 3.05) is 6.61 Å². The Kier molecular flexibility index (Phi) is 7.14. The minimum Gasteiger partial charge on any atom is -0.506 e. The number of ether oxygens (including phenoxy) is 1. The molecule has 0 unspecified atom stereocenters. The van der Waals surface area contributed by atoms with Gasteiger partial charge in [0.05, 0.1) is 18.3 Å². The number of hydrazone groups is 1. The first-order chi connectivity index (χ1) is 12.3. The highest BCUT2D eigenvalue weighted by molar-refractivity contribution is 14.1. The molecule has 2 aromatic rings. The maximum Gasteiger partial charge on any atom is 0.311 e. The molecule has 1 amide bonds. The van der Waals surface area contributed by atoms with Gasteiger partial charge in [-0.1, -0.05) is 6.07 Å². The van der Waals surface area contributed by atoms with Gasteiger partial charge < -0.3 is 9.84 Å². The number of carbonyl (C=O) groups excluding carboxylic acids is 1. The molecular formula is C16H13I2N3O5. The summed E-state index contributed by atoms with van der Waals surface area (Å²) in [6.07, 6.45) is 1.43. The largest absolute Gasteiger partial charge is 0.506 e. The number of amides is 1. The Morgan fingerprint density at radius 3 is 2.62 bits per heavy atom. The number of carbonyl (C=O) groups is 1. The molecule has 136 valence electrons. The Morgan fingerprint density at radius 2 is 2.00 bits per heavy atom. The predicted molar refractivity (Wildman–Crippen MR) is 113 cm³/mol. The van der Waals surface area contributed by atoms with Crippen LogP contribution in [0.3, 0.4) is 0 Å². The van der Waals surface area contributed by atoms with Crippen LogP contribution in [-0.2, 0) is 4.79 Å². The van der Waals surface area contributed by atoms with E-state index in [0.717, 1.165) is 5.56 Å². The third-order valence-electron chi connectivity index (χ3n) is 3.11. The van der Waals surface area contributed by atoms with Crippen LogP contribution in [0.25, 0.3) is 0 Å². The van der Waals surface area contributed by atoms with Crippen LogP contribution in [0.5, 0.6) is 11.5 Å². The van der Waals surface area contributed by atoms with E-state index in [0.29, 0.717) is 12.7 Å². The molecule has 0 aliphatic rings. The fraction of sp³-hybridized carbons (Fsp3) is 0.125. The lowest BCUT2D eigenvalue weighted by Gasteiger charge is -2.06. The van der Waals surface area contributed by atoms with Crippen LogP contribution in [0.15, 0.2) is 35.4 Å². The second-order valence-corrected chi connectivity index (χ2v) is 7.47.